The van der Waals surface area contributed by atoms with E-state index in [2.05, 4.69) is 30.5 Å². The van der Waals surface area contributed by atoms with E-state index in [1.165, 1.54) is 0 Å². The Morgan fingerprint density at radius 3 is 2.84 bits per heavy atom. The maximum Gasteiger partial charge on any atom is 0.239 e. The first-order valence-corrected chi connectivity index (χ1v) is 9.74. The minimum atomic E-state index is -0.131. The molecule has 6 nitrogen and oxygen atoms in total. The topological polar surface area (TPSA) is 59.4 Å². The van der Waals surface area contributed by atoms with Crippen molar-refractivity contribution in [3.05, 3.63) is 18.0 Å². The summed E-state index contributed by atoms with van der Waals surface area (Å²) in [5, 5.41) is 7.81. The summed E-state index contributed by atoms with van der Waals surface area (Å²) in [6, 6.07) is -0.131. The molecule has 3 atom stereocenters. The SMILES string of the molecule is CCn1cc([C@@H]2OCC[C@H]2CN[C@@H](C)C(=O)N2CCC(C)CC2)cn1. The smallest absolute Gasteiger partial charge is 0.239 e. The molecule has 2 saturated heterocycles. The van der Waals surface area contributed by atoms with Gasteiger partial charge in [-0.3, -0.25) is 9.48 Å². The number of carbonyl (C=O) groups excluding carboxylic acids is 1. The van der Waals surface area contributed by atoms with Gasteiger partial charge in [-0.05, 0) is 39.0 Å². The van der Waals surface area contributed by atoms with Crippen molar-refractivity contribution in [2.45, 2.75) is 58.7 Å². The standard InChI is InChI=1S/C19H32N4O2/c1-4-23-13-17(12-21-23)18-16(7-10-25-18)11-20-15(3)19(24)22-8-5-14(2)6-9-22/h12-16,18,20H,4-11H2,1-3H3/t15-,16-,18+/m0/s1. The second kappa shape index (κ2) is 8.32. The lowest BCUT2D eigenvalue weighted by molar-refractivity contribution is -0.134. The summed E-state index contributed by atoms with van der Waals surface area (Å²) in [6.45, 7) is 10.6. The van der Waals surface area contributed by atoms with E-state index in [1.54, 1.807) is 0 Å². The van der Waals surface area contributed by atoms with Crippen LogP contribution in [0.25, 0.3) is 0 Å². The molecule has 0 unspecified atom stereocenters. The molecule has 0 aromatic carbocycles. The van der Waals surface area contributed by atoms with E-state index in [1.807, 2.05) is 22.7 Å². The molecule has 1 aromatic rings. The van der Waals surface area contributed by atoms with Gasteiger partial charge >= 0.3 is 0 Å². The Kier molecular flexibility index (Phi) is 6.12. The minimum Gasteiger partial charge on any atom is -0.373 e. The van der Waals surface area contributed by atoms with E-state index in [0.29, 0.717) is 5.92 Å². The summed E-state index contributed by atoms with van der Waals surface area (Å²) in [6.07, 6.45) is 7.35. The molecule has 2 fully saturated rings. The van der Waals surface area contributed by atoms with Crippen LogP contribution in [0.2, 0.25) is 0 Å². The minimum absolute atomic E-state index is 0.0888. The zero-order chi connectivity index (χ0) is 17.8. The van der Waals surface area contributed by atoms with Crippen LogP contribution in [0.4, 0.5) is 0 Å². The summed E-state index contributed by atoms with van der Waals surface area (Å²) in [7, 11) is 0. The van der Waals surface area contributed by atoms with Crippen LogP contribution in [0.3, 0.4) is 0 Å². The molecule has 1 N–H and O–H groups in total. The van der Waals surface area contributed by atoms with Crippen molar-refractivity contribution in [1.29, 1.82) is 0 Å². The molecule has 0 bridgehead atoms. The lowest BCUT2D eigenvalue weighted by Gasteiger charge is -2.32. The second-order valence-corrected chi connectivity index (χ2v) is 7.61. The number of aryl methyl sites for hydroxylation is 1. The van der Waals surface area contributed by atoms with Crippen molar-refractivity contribution in [3.8, 4) is 0 Å². The fraction of sp³-hybridized carbons (Fsp3) is 0.789. The molecule has 0 spiro atoms. The Morgan fingerprint density at radius 1 is 1.40 bits per heavy atom. The van der Waals surface area contributed by atoms with Gasteiger partial charge in [0.2, 0.25) is 5.91 Å². The highest BCUT2D eigenvalue weighted by atomic mass is 16.5. The summed E-state index contributed by atoms with van der Waals surface area (Å²) in [5.41, 5.74) is 1.15. The number of nitrogens with one attached hydrogen (secondary N) is 1. The van der Waals surface area contributed by atoms with Gasteiger partial charge in [-0.2, -0.15) is 5.10 Å². The highest BCUT2D eigenvalue weighted by Crippen LogP contribution is 2.34. The summed E-state index contributed by atoms with van der Waals surface area (Å²) in [5.74, 6) is 1.38. The van der Waals surface area contributed by atoms with E-state index in [4.69, 9.17) is 4.74 Å². The average molecular weight is 348 g/mol. The van der Waals surface area contributed by atoms with Gasteiger partial charge in [-0.15, -0.1) is 0 Å². The van der Waals surface area contributed by atoms with Crippen molar-refractivity contribution in [1.82, 2.24) is 20.0 Å². The van der Waals surface area contributed by atoms with Gasteiger partial charge in [0.05, 0.1) is 18.3 Å². The van der Waals surface area contributed by atoms with Crippen LogP contribution in [0.5, 0.6) is 0 Å². The number of piperidine rings is 1. The summed E-state index contributed by atoms with van der Waals surface area (Å²) in [4.78, 5) is 14.6. The highest BCUT2D eigenvalue weighted by Gasteiger charge is 2.32. The van der Waals surface area contributed by atoms with Crippen LogP contribution in [0.1, 0.15) is 51.7 Å². The first kappa shape index (κ1) is 18.4. The van der Waals surface area contributed by atoms with Crippen molar-refractivity contribution >= 4 is 5.91 Å². The molecule has 6 heteroatoms. The van der Waals surface area contributed by atoms with E-state index < -0.39 is 0 Å². The Balaban J connectivity index is 1.50. The van der Waals surface area contributed by atoms with Gasteiger partial charge in [-0.25, -0.2) is 0 Å². The molecule has 1 amide bonds. The monoisotopic (exact) mass is 348 g/mol. The van der Waals surface area contributed by atoms with Gasteiger partial charge in [-0.1, -0.05) is 6.92 Å². The molecule has 25 heavy (non-hydrogen) atoms. The normalized spacial score (nSPS) is 26.1. The third kappa shape index (κ3) is 4.42. The van der Waals surface area contributed by atoms with Gasteiger partial charge in [0.25, 0.3) is 0 Å². The Labute approximate surface area is 150 Å². The van der Waals surface area contributed by atoms with Crippen molar-refractivity contribution in [3.63, 3.8) is 0 Å². The summed E-state index contributed by atoms with van der Waals surface area (Å²) >= 11 is 0. The van der Waals surface area contributed by atoms with Gasteiger partial charge in [0.1, 0.15) is 0 Å². The summed E-state index contributed by atoms with van der Waals surface area (Å²) < 4.78 is 7.88. The molecule has 2 aliphatic rings. The van der Waals surface area contributed by atoms with Gasteiger partial charge in [0.15, 0.2) is 0 Å². The molecule has 140 valence electrons. The molecule has 2 aliphatic heterocycles. The Hall–Kier alpha value is -1.40. The lowest BCUT2D eigenvalue weighted by Crippen LogP contribution is -2.48. The van der Waals surface area contributed by atoms with Gasteiger partial charge < -0.3 is 15.0 Å². The highest BCUT2D eigenvalue weighted by molar-refractivity contribution is 5.81. The molecule has 0 saturated carbocycles. The second-order valence-electron chi connectivity index (χ2n) is 7.61. The molecular formula is C19H32N4O2. The third-order valence-corrected chi connectivity index (χ3v) is 5.67. The maximum absolute atomic E-state index is 12.6. The van der Waals surface area contributed by atoms with E-state index >= 15 is 0 Å². The number of amides is 1. The number of hydrogen-bond acceptors (Lipinski definition) is 4. The van der Waals surface area contributed by atoms with Crippen molar-refractivity contribution < 1.29 is 9.53 Å². The number of likely N-dealkylation sites (tertiary alicyclic amines) is 1. The molecular weight excluding hydrogens is 316 g/mol. The first-order chi connectivity index (χ1) is 12.1. The van der Waals surface area contributed by atoms with Crippen LogP contribution in [0, 0.1) is 11.8 Å². The zero-order valence-corrected chi connectivity index (χ0v) is 15.8. The quantitative estimate of drug-likeness (QED) is 0.856. The van der Waals surface area contributed by atoms with Crippen LogP contribution in [-0.4, -0.2) is 52.9 Å². The van der Waals surface area contributed by atoms with Crippen LogP contribution in [0.15, 0.2) is 12.4 Å². The Bertz CT molecular complexity index is 566. The van der Waals surface area contributed by atoms with Crippen molar-refractivity contribution in [2.75, 3.05) is 26.2 Å². The fourth-order valence-electron chi connectivity index (χ4n) is 3.83. The molecule has 0 radical (unpaired) electrons. The largest absolute Gasteiger partial charge is 0.373 e. The van der Waals surface area contributed by atoms with E-state index in [-0.39, 0.29) is 18.1 Å². The number of hydrogen-bond donors (Lipinski definition) is 1. The molecule has 1 aromatic heterocycles. The predicted octanol–water partition coefficient (Wildman–Crippen LogP) is 2.22. The van der Waals surface area contributed by atoms with E-state index in [9.17, 15) is 4.79 Å². The number of ether oxygens (including phenoxy) is 1. The first-order valence-electron chi connectivity index (χ1n) is 9.74. The predicted molar refractivity (Wildman–Crippen MR) is 97.1 cm³/mol. The van der Waals surface area contributed by atoms with E-state index in [0.717, 1.165) is 63.5 Å². The zero-order valence-electron chi connectivity index (χ0n) is 15.8. The fourth-order valence-corrected chi connectivity index (χ4v) is 3.83. The number of rotatable bonds is 6. The molecule has 3 heterocycles. The van der Waals surface area contributed by atoms with Crippen LogP contribution in [-0.2, 0) is 16.1 Å². The maximum atomic E-state index is 12.6. The van der Waals surface area contributed by atoms with Crippen LogP contribution >= 0.6 is 0 Å². The molecule has 0 aliphatic carbocycles. The lowest BCUT2D eigenvalue weighted by atomic mass is 9.96. The Morgan fingerprint density at radius 2 is 2.16 bits per heavy atom. The molecule has 3 rings (SSSR count). The number of nitrogens with zero attached hydrogens (tertiary/aromatic N) is 3. The van der Waals surface area contributed by atoms with Gasteiger partial charge in [0, 0.05) is 50.5 Å². The number of aromatic nitrogens is 2. The number of carbonyl (C=O) groups is 1. The van der Waals surface area contributed by atoms with Crippen LogP contribution < -0.4 is 5.32 Å². The third-order valence-electron chi connectivity index (χ3n) is 5.67. The van der Waals surface area contributed by atoms with Crippen molar-refractivity contribution in [2.24, 2.45) is 11.8 Å². The average Bonchev–Trinajstić information content (AvgIpc) is 3.28.